The minimum Gasteiger partial charge on any atom is -0.480 e. The first-order valence-corrected chi connectivity index (χ1v) is 4.61. The first-order valence-electron chi connectivity index (χ1n) is 4.61. The Kier molecular flexibility index (Phi) is 3.81. The molecule has 1 rings (SSSR count). The van der Waals surface area contributed by atoms with Gasteiger partial charge in [-0.3, -0.25) is 4.90 Å². The third kappa shape index (κ3) is 3.77. The summed E-state index contributed by atoms with van der Waals surface area (Å²) in [5.74, 6) is -1.40. The van der Waals surface area contributed by atoms with Gasteiger partial charge < -0.3 is 14.9 Å². The summed E-state index contributed by atoms with van der Waals surface area (Å²) < 4.78 is 39.2. The van der Waals surface area contributed by atoms with Crippen molar-refractivity contribution in [1.29, 1.82) is 0 Å². The maximum absolute atomic E-state index is 11.8. The summed E-state index contributed by atoms with van der Waals surface area (Å²) >= 11 is 0. The average molecular weight is 257 g/mol. The zero-order valence-corrected chi connectivity index (χ0v) is 8.48. The van der Waals surface area contributed by atoms with E-state index in [0.717, 1.165) is 0 Å². The molecule has 1 aliphatic heterocycles. The molecule has 0 spiro atoms. The summed E-state index contributed by atoms with van der Waals surface area (Å²) in [6.45, 7) is -2.14. The Hall–Kier alpha value is -1.51. The van der Waals surface area contributed by atoms with Gasteiger partial charge in [-0.15, -0.1) is 0 Å². The van der Waals surface area contributed by atoms with Crippen molar-refractivity contribution in [1.82, 2.24) is 4.90 Å². The van der Waals surface area contributed by atoms with E-state index >= 15 is 0 Å². The van der Waals surface area contributed by atoms with Crippen LogP contribution in [0.4, 0.5) is 18.0 Å². The summed E-state index contributed by atoms with van der Waals surface area (Å²) in [5.41, 5.74) is 0. The molecule has 0 unspecified atom stereocenters. The summed E-state index contributed by atoms with van der Waals surface area (Å²) in [5, 5.41) is 17.9. The fourth-order valence-corrected chi connectivity index (χ4v) is 1.48. The summed E-state index contributed by atoms with van der Waals surface area (Å²) in [6.07, 6.45) is -7.37. The van der Waals surface area contributed by atoms with E-state index in [-0.39, 0.29) is 13.0 Å². The number of hydrogen-bond acceptors (Lipinski definition) is 4. The number of carbonyl (C=O) groups excluding carboxylic acids is 1. The van der Waals surface area contributed by atoms with Crippen LogP contribution >= 0.6 is 0 Å². The Labute approximate surface area is 93.6 Å². The highest BCUT2D eigenvalue weighted by Gasteiger charge is 2.41. The molecule has 1 fully saturated rings. The number of carboxylic acid groups (broad SMARTS) is 1. The van der Waals surface area contributed by atoms with Gasteiger partial charge in [0, 0.05) is 6.42 Å². The number of aliphatic hydroxyl groups excluding tert-OH is 1. The van der Waals surface area contributed by atoms with Crippen molar-refractivity contribution in [2.75, 3.05) is 13.2 Å². The van der Waals surface area contributed by atoms with Crippen molar-refractivity contribution in [2.45, 2.75) is 24.7 Å². The number of nitrogens with zero attached hydrogens (tertiary/aromatic N) is 1. The molecule has 0 bridgehead atoms. The van der Waals surface area contributed by atoms with E-state index in [1.165, 1.54) is 0 Å². The molecule has 2 N–H and O–H groups in total. The molecule has 9 heteroatoms. The molecule has 1 amide bonds. The number of hydrogen-bond donors (Lipinski definition) is 2. The van der Waals surface area contributed by atoms with Gasteiger partial charge >= 0.3 is 18.2 Å². The third-order valence-corrected chi connectivity index (χ3v) is 2.16. The number of ether oxygens (including phenoxy) is 1. The van der Waals surface area contributed by atoms with Crippen LogP contribution in [0.1, 0.15) is 6.42 Å². The number of aliphatic carboxylic acids is 1. The van der Waals surface area contributed by atoms with E-state index in [2.05, 4.69) is 4.74 Å². The van der Waals surface area contributed by atoms with Gasteiger partial charge in [0.2, 0.25) is 0 Å². The number of alkyl halides is 3. The van der Waals surface area contributed by atoms with Gasteiger partial charge in [-0.25, -0.2) is 9.59 Å². The van der Waals surface area contributed by atoms with Crippen molar-refractivity contribution >= 4 is 12.1 Å². The van der Waals surface area contributed by atoms with E-state index in [1.807, 2.05) is 0 Å². The Morgan fingerprint density at radius 3 is 2.47 bits per heavy atom. The zero-order chi connectivity index (χ0) is 13.2. The van der Waals surface area contributed by atoms with Gasteiger partial charge in [0.1, 0.15) is 6.04 Å². The van der Waals surface area contributed by atoms with Gasteiger partial charge in [0.25, 0.3) is 0 Å². The Morgan fingerprint density at radius 1 is 1.41 bits per heavy atom. The van der Waals surface area contributed by atoms with Crippen LogP contribution in [0.2, 0.25) is 0 Å². The molecule has 98 valence electrons. The fourth-order valence-electron chi connectivity index (χ4n) is 1.48. The molecule has 0 saturated carbocycles. The molecule has 0 radical (unpaired) electrons. The lowest BCUT2D eigenvalue weighted by molar-refractivity contribution is -0.163. The molecule has 1 saturated heterocycles. The number of carboxylic acids is 1. The summed E-state index contributed by atoms with van der Waals surface area (Å²) in [4.78, 5) is 22.4. The number of rotatable bonds is 2. The number of carbonyl (C=O) groups is 2. The molecule has 0 aromatic heterocycles. The lowest BCUT2D eigenvalue weighted by atomic mass is 10.2. The van der Waals surface area contributed by atoms with Crippen LogP contribution in [0.5, 0.6) is 0 Å². The van der Waals surface area contributed by atoms with Crippen LogP contribution in [-0.2, 0) is 9.53 Å². The Bertz CT molecular complexity index is 319. The van der Waals surface area contributed by atoms with Gasteiger partial charge in [-0.05, 0) is 0 Å². The van der Waals surface area contributed by atoms with Gasteiger partial charge in [0.05, 0.1) is 12.6 Å². The van der Waals surface area contributed by atoms with Gasteiger partial charge in [-0.1, -0.05) is 0 Å². The highest BCUT2D eigenvalue weighted by molar-refractivity contribution is 5.80. The molecule has 6 nitrogen and oxygen atoms in total. The second-order valence-corrected chi connectivity index (χ2v) is 3.57. The topological polar surface area (TPSA) is 87.1 Å². The largest absolute Gasteiger partial charge is 0.480 e. The highest BCUT2D eigenvalue weighted by Crippen LogP contribution is 2.21. The minimum atomic E-state index is -4.67. The fraction of sp³-hybridized carbons (Fsp3) is 0.750. The number of aliphatic hydroxyl groups is 1. The zero-order valence-electron chi connectivity index (χ0n) is 8.48. The van der Waals surface area contributed by atoms with E-state index in [9.17, 15) is 22.8 Å². The van der Waals surface area contributed by atoms with Crippen LogP contribution in [-0.4, -0.2) is 58.6 Å². The number of amides is 1. The monoisotopic (exact) mass is 257 g/mol. The first kappa shape index (κ1) is 13.6. The molecule has 2 atom stereocenters. The van der Waals surface area contributed by atoms with Crippen molar-refractivity contribution in [3.05, 3.63) is 0 Å². The lowest BCUT2D eigenvalue weighted by Gasteiger charge is -2.20. The van der Waals surface area contributed by atoms with E-state index in [1.54, 1.807) is 0 Å². The molecule has 0 aliphatic carbocycles. The highest BCUT2D eigenvalue weighted by atomic mass is 19.4. The van der Waals surface area contributed by atoms with Crippen LogP contribution in [0.3, 0.4) is 0 Å². The van der Waals surface area contributed by atoms with Crippen molar-refractivity contribution < 1.29 is 37.7 Å². The van der Waals surface area contributed by atoms with E-state index in [4.69, 9.17) is 10.2 Å². The Balaban J connectivity index is 2.59. The van der Waals surface area contributed by atoms with Crippen LogP contribution in [0.15, 0.2) is 0 Å². The molecule has 0 aromatic carbocycles. The van der Waals surface area contributed by atoms with Crippen molar-refractivity contribution in [3.63, 3.8) is 0 Å². The number of β-amino-alcohol motifs (C(OH)–C–C–N with tert-alkyl or cyclic N) is 1. The molecule has 1 aliphatic rings. The lowest BCUT2D eigenvalue weighted by Crippen LogP contribution is -2.41. The third-order valence-electron chi connectivity index (χ3n) is 2.16. The first-order chi connectivity index (χ1) is 7.70. The van der Waals surface area contributed by atoms with Gasteiger partial charge in [-0.2, -0.15) is 13.2 Å². The molecular weight excluding hydrogens is 247 g/mol. The molecular formula is C8H10F3NO5. The smallest absolute Gasteiger partial charge is 0.422 e. The standard InChI is InChI=1S/C8H10F3NO5/c9-8(10,11)3-17-7(16)12-2-4(13)1-5(12)6(14)15/h4-5,13H,1-3H2,(H,14,15)/t4-,5-/m0/s1. The number of halogens is 3. The average Bonchev–Trinajstić information content (AvgIpc) is 2.55. The minimum absolute atomic E-state index is 0.226. The molecule has 17 heavy (non-hydrogen) atoms. The second-order valence-electron chi connectivity index (χ2n) is 3.57. The van der Waals surface area contributed by atoms with E-state index in [0.29, 0.717) is 4.90 Å². The van der Waals surface area contributed by atoms with Crippen LogP contribution in [0, 0.1) is 0 Å². The van der Waals surface area contributed by atoms with Crippen molar-refractivity contribution in [3.8, 4) is 0 Å². The quantitative estimate of drug-likeness (QED) is 0.738. The predicted molar refractivity (Wildman–Crippen MR) is 46.2 cm³/mol. The SMILES string of the molecule is O=C(O)[C@@H]1C[C@H](O)CN1C(=O)OCC(F)(F)F. The summed E-state index contributed by atoms with van der Waals surface area (Å²) in [6, 6.07) is -1.36. The van der Waals surface area contributed by atoms with Crippen LogP contribution < -0.4 is 0 Å². The maximum atomic E-state index is 11.8. The Morgan fingerprint density at radius 2 is 2.00 bits per heavy atom. The van der Waals surface area contributed by atoms with Crippen molar-refractivity contribution in [2.24, 2.45) is 0 Å². The van der Waals surface area contributed by atoms with Gasteiger partial charge in [0.15, 0.2) is 6.61 Å². The molecule has 1 heterocycles. The normalized spacial score (nSPS) is 24.8. The maximum Gasteiger partial charge on any atom is 0.422 e. The predicted octanol–water partition coefficient (Wildman–Crippen LogP) is 0.205. The number of likely N-dealkylation sites (tertiary alicyclic amines) is 1. The summed E-state index contributed by atoms with van der Waals surface area (Å²) in [7, 11) is 0. The van der Waals surface area contributed by atoms with Crippen LogP contribution in [0.25, 0.3) is 0 Å². The second kappa shape index (κ2) is 4.78. The molecule has 0 aromatic rings. The van der Waals surface area contributed by atoms with E-state index < -0.39 is 37.0 Å².